The fourth-order valence-electron chi connectivity index (χ4n) is 1.48. The summed E-state index contributed by atoms with van der Waals surface area (Å²) in [6.45, 7) is 2.88. The van der Waals surface area contributed by atoms with E-state index in [9.17, 15) is 0 Å². The third-order valence-corrected chi connectivity index (χ3v) is 2.20. The van der Waals surface area contributed by atoms with Crippen molar-refractivity contribution in [2.45, 2.75) is 6.92 Å². The maximum absolute atomic E-state index is 4.22. The van der Waals surface area contributed by atoms with Crippen molar-refractivity contribution in [1.82, 2.24) is 0 Å². The van der Waals surface area contributed by atoms with Crippen LogP contribution in [0.25, 0.3) is 10.8 Å². The van der Waals surface area contributed by atoms with Crippen LogP contribution >= 0.6 is 0 Å². The molecule has 0 aliphatic carbocycles. The van der Waals surface area contributed by atoms with Crippen LogP contribution in [-0.2, 0) is 0 Å². The Kier molecular flexibility index (Phi) is 2.59. The van der Waals surface area contributed by atoms with Gasteiger partial charge in [0.1, 0.15) is 0 Å². The maximum atomic E-state index is 4.22. The van der Waals surface area contributed by atoms with E-state index < -0.39 is 0 Å². The van der Waals surface area contributed by atoms with E-state index in [2.05, 4.69) is 47.5 Å². The summed E-state index contributed by atoms with van der Waals surface area (Å²) in [5, 5.41) is 2.55. The SMILES string of the molecule is CCN=Cc1ccc2ccccc2c1. The molecule has 1 heteroatoms. The number of benzene rings is 2. The van der Waals surface area contributed by atoms with Crippen molar-refractivity contribution in [2.24, 2.45) is 4.99 Å². The maximum Gasteiger partial charge on any atom is 0.0361 e. The van der Waals surface area contributed by atoms with Crippen LogP contribution in [0.3, 0.4) is 0 Å². The van der Waals surface area contributed by atoms with Gasteiger partial charge in [0.05, 0.1) is 0 Å². The lowest BCUT2D eigenvalue weighted by atomic mass is 10.1. The molecule has 0 bridgehead atoms. The molecular weight excluding hydrogens is 170 g/mol. The van der Waals surface area contributed by atoms with E-state index in [0.717, 1.165) is 6.54 Å². The van der Waals surface area contributed by atoms with Crippen LogP contribution in [0.1, 0.15) is 12.5 Å². The molecule has 2 rings (SSSR count). The van der Waals surface area contributed by atoms with Crippen molar-refractivity contribution in [3.63, 3.8) is 0 Å². The Labute approximate surface area is 84.1 Å². The summed E-state index contributed by atoms with van der Waals surface area (Å²) in [7, 11) is 0. The zero-order chi connectivity index (χ0) is 9.80. The smallest absolute Gasteiger partial charge is 0.0361 e. The summed E-state index contributed by atoms with van der Waals surface area (Å²) in [6, 6.07) is 14.8. The molecule has 0 spiro atoms. The van der Waals surface area contributed by atoms with Gasteiger partial charge in [0, 0.05) is 12.8 Å². The largest absolute Gasteiger partial charge is 0.293 e. The molecule has 0 unspecified atom stereocenters. The van der Waals surface area contributed by atoms with Crippen molar-refractivity contribution in [2.75, 3.05) is 6.54 Å². The second kappa shape index (κ2) is 4.05. The van der Waals surface area contributed by atoms with Crippen molar-refractivity contribution in [3.05, 3.63) is 48.0 Å². The molecule has 0 atom stereocenters. The van der Waals surface area contributed by atoms with Crippen molar-refractivity contribution < 1.29 is 0 Å². The van der Waals surface area contributed by atoms with Crippen LogP contribution in [0.15, 0.2) is 47.5 Å². The fourth-order valence-corrected chi connectivity index (χ4v) is 1.48. The first-order chi connectivity index (χ1) is 6.90. The minimum Gasteiger partial charge on any atom is -0.293 e. The van der Waals surface area contributed by atoms with Crippen LogP contribution in [-0.4, -0.2) is 12.8 Å². The molecule has 0 heterocycles. The Morgan fingerprint density at radius 2 is 1.86 bits per heavy atom. The van der Waals surface area contributed by atoms with Gasteiger partial charge in [-0.3, -0.25) is 4.99 Å². The zero-order valence-electron chi connectivity index (χ0n) is 8.27. The summed E-state index contributed by atoms with van der Waals surface area (Å²) in [5.74, 6) is 0. The van der Waals surface area contributed by atoms with E-state index in [1.54, 1.807) is 0 Å². The highest BCUT2D eigenvalue weighted by Gasteiger charge is 1.92. The number of hydrogen-bond acceptors (Lipinski definition) is 1. The highest BCUT2D eigenvalue weighted by molar-refractivity contribution is 5.90. The minimum absolute atomic E-state index is 0.840. The van der Waals surface area contributed by atoms with E-state index >= 15 is 0 Å². The van der Waals surface area contributed by atoms with Gasteiger partial charge in [-0.1, -0.05) is 36.4 Å². The monoisotopic (exact) mass is 183 g/mol. The second-order valence-corrected chi connectivity index (χ2v) is 3.23. The molecule has 0 aromatic heterocycles. The van der Waals surface area contributed by atoms with Crippen molar-refractivity contribution in [1.29, 1.82) is 0 Å². The molecule has 0 radical (unpaired) electrons. The van der Waals surface area contributed by atoms with Crippen LogP contribution in [0.4, 0.5) is 0 Å². The first-order valence-electron chi connectivity index (χ1n) is 4.89. The predicted molar refractivity (Wildman–Crippen MR) is 62.1 cm³/mol. The van der Waals surface area contributed by atoms with Gasteiger partial charge >= 0.3 is 0 Å². The molecule has 0 saturated heterocycles. The number of aliphatic imine (C=N–C) groups is 1. The van der Waals surface area contributed by atoms with Crippen molar-refractivity contribution in [3.8, 4) is 0 Å². The average molecular weight is 183 g/mol. The van der Waals surface area contributed by atoms with Crippen LogP contribution < -0.4 is 0 Å². The predicted octanol–water partition coefficient (Wildman–Crippen LogP) is 3.28. The summed E-state index contributed by atoms with van der Waals surface area (Å²) < 4.78 is 0. The van der Waals surface area contributed by atoms with E-state index in [1.807, 2.05) is 13.1 Å². The Balaban J connectivity index is 2.46. The van der Waals surface area contributed by atoms with E-state index in [0.29, 0.717) is 0 Å². The van der Waals surface area contributed by atoms with Crippen LogP contribution in [0, 0.1) is 0 Å². The summed E-state index contributed by atoms with van der Waals surface area (Å²) >= 11 is 0. The number of hydrogen-bond donors (Lipinski definition) is 0. The summed E-state index contributed by atoms with van der Waals surface area (Å²) in [5.41, 5.74) is 1.17. The standard InChI is InChI=1S/C13H13N/c1-2-14-10-11-7-8-12-5-3-4-6-13(12)9-11/h3-10H,2H2,1H3. The molecular formula is C13H13N. The van der Waals surface area contributed by atoms with E-state index in [4.69, 9.17) is 0 Å². The topological polar surface area (TPSA) is 12.4 Å². The summed E-state index contributed by atoms with van der Waals surface area (Å²) in [6.07, 6.45) is 1.92. The van der Waals surface area contributed by atoms with E-state index in [-0.39, 0.29) is 0 Å². The Bertz CT molecular complexity index is 457. The lowest BCUT2D eigenvalue weighted by Gasteiger charge is -1.98. The van der Waals surface area contributed by atoms with Gasteiger partial charge in [0.15, 0.2) is 0 Å². The third kappa shape index (κ3) is 1.82. The fraction of sp³-hybridized carbons (Fsp3) is 0.154. The van der Waals surface area contributed by atoms with Crippen molar-refractivity contribution >= 4 is 17.0 Å². The van der Waals surface area contributed by atoms with Gasteiger partial charge in [-0.15, -0.1) is 0 Å². The van der Waals surface area contributed by atoms with E-state index in [1.165, 1.54) is 16.3 Å². The lowest BCUT2D eigenvalue weighted by Crippen LogP contribution is -1.82. The highest BCUT2D eigenvalue weighted by atomic mass is 14.7. The van der Waals surface area contributed by atoms with Gasteiger partial charge in [-0.05, 0) is 29.3 Å². The normalized spacial score (nSPS) is 11.2. The molecule has 0 aliphatic rings. The molecule has 0 saturated carbocycles. The first-order valence-corrected chi connectivity index (χ1v) is 4.89. The van der Waals surface area contributed by atoms with Gasteiger partial charge in [0.25, 0.3) is 0 Å². The van der Waals surface area contributed by atoms with Gasteiger partial charge < -0.3 is 0 Å². The van der Waals surface area contributed by atoms with Crippen LogP contribution in [0.2, 0.25) is 0 Å². The molecule has 0 fully saturated rings. The molecule has 2 aromatic rings. The molecule has 0 N–H and O–H groups in total. The molecule has 1 nitrogen and oxygen atoms in total. The Morgan fingerprint density at radius 3 is 2.64 bits per heavy atom. The molecule has 70 valence electrons. The number of fused-ring (bicyclic) bond motifs is 1. The molecule has 0 amide bonds. The average Bonchev–Trinajstić information content (AvgIpc) is 2.26. The minimum atomic E-state index is 0.840. The Morgan fingerprint density at radius 1 is 1.07 bits per heavy atom. The quantitative estimate of drug-likeness (QED) is 0.633. The lowest BCUT2D eigenvalue weighted by molar-refractivity contribution is 1.14. The Hall–Kier alpha value is -1.63. The molecule has 14 heavy (non-hydrogen) atoms. The highest BCUT2D eigenvalue weighted by Crippen LogP contribution is 2.14. The molecule has 0 aliphatic heterocycles. The third-order valence-electron chi connectivity index (χ3n) is 2.20. The zero-order valence-corrected chi connectivity index (χ0v) is 8.27. The summed E-state index contributed by atoms with van der Waals surface area (Å²) in [4.78, 5) is 4.22. The van der Waals surface area contributed by atoms with Crippen LogP contribution in [0.5, 0.6) is 0 Å². The number of nitrogens with zero attached hydrogens (tertiary/aromatic N) is 1. The van der Waals surface area contributed by atoms with Gasteiger partial charge in [-0.2, -0.15) is 0 Å². The molecule has 2 aromatic carbocycles. The second-order valence-electron chi connectivity index (χ2n) is 3.23. The van der Waals surface area contributed by atoms with Gasteiger partial charge in [-0.25, -0.2) is 0 Å². The van der Waals surface area contributed by atoms with Gasteiger partial charge in [0.2, 0.25) is 0 Å². The number of rotatable bonds is 2. The first kappa shape index (κ1) is 8.95.